The van der Waals surface area contributed by atoms with Crippen molar-refractivity contribution in [3.05, 3.63) is 39.9 Å². The van der Waals surface area contributed by atoms with Gasteiger partial charge in [-0.3, -0.25) is 9.69 Å². The zero-order chi connectivity index (χ0) is 22.2. The maximum absolute atomic E-state index is 13.5. The topological polar surface area (TPSA) is 98.2 Å². The highest BCUT2D eigenvalue weighted by Gasteiger charge is 2.33. The number of H-pyrrole nitrogens is 1. The van der Waals surface area contributed by atoms with Crippen LogP contribution in [0.15, 0.2) is 23.0 Å². The smallest absolute Gasteiger partial charge is 0.253 e. The average molecular weight is 451 g/mol. The zero-order valence-electron chi connectivity index (χ0n) is 18.8. The lowest BCUT2D eigenvalue weighted by Crippen LogP contribution is -2.36. The van der Waals surface area contributed by atoms with Gasteiger partial charge in [0.15, 0.2) is 17.3 Å². The Hall–Kier alpha value is -2.94. The molecule has 9 nitrogen and oxygen atoms in total. The lowest BCUT2D eigenvalue weighted by molar-refractivity contribution is 0.174. The summed E-state index contributed by atoms with van der Waals surface area (Å²) in [5.74, 6) is 2.16. The van der Waals surface area contributed by atoms with Crippen LogP contribution in [0.3, 0.4) is 0 Å². The Morgan fingerprint density at radius 2 is 1.67 bits per heavy atom. The molecule has 6 rings (SSSR count). The van der Waals surface area contributed by atoms with Crippen molar-refractivity contribution < 1.29 is 9.47 Å². The molecular formula is C24H30N6O3. The van der Waals surface area contributed by atoms with Gasteiger partial charge in [0.1, 0.15) is 6.04 Å². The molecule has 1 saturated heterocycles. The molecule has 0 radical (unpaired) electrons. The summed E-state index contributed by atoms with van der Waals surface area (Å²) in [6, 6.07) is 5.80. The van der Waals surface area contributed by atoms with E-state index in [0.29, 0.717) is 23.1 Å². The highest BCUT2D eigenvalue weighted by atomic mass is 16.7. The van der Waals surface area contributed by atoms with Crippen molar-refractivity contribution in [2.45, 2.75) is 69.9 Å². The monoisotopic (exact) mass is 450 g/mol. The van der Waals surface area contributed by atoms with Crippen LogP contribution in [0.4, 0.5) is 0 Å². The van der Waals surface area contributed by atoms with Gasteiger partial charge in [0.2, 0.25) is 6.79 Å². The Morgan fingerprint density at radius 3 is 2.45 bits per heavy atom. The van der Waals surface area contributed by atoms with Gasteiger partial charge in [0, 0.05) is 17.0 Å². The molecule has 2 aliphatic heterocycles. The van der Waals surface area contributed by atoms with Gasteiger partial charge in [-0.1, -0.05) is 32.1 Å². The van der Waals surface area contributed by atoms with Gasteiger partial charge >= 0.3 is 0 Å². The lowest BCUT2D eigenvalue weighted by atomic mass is 9.95. The normalized spacial score (nSPS) is 20.7. The van der Waals surface area contributed by atoms with Crippen LogP contribution in [0.25, 0.3) is 10.9 Å². The molecular weight excluding hydrogens is 420 g/mol. The molecule has 3 aromatic rings. The molecule has 3 aliphatic rings. The number of pyridine rings is 1. The van der Waals surface area contributed by atoms with Gasteiger partial charge in [0.05, 0.1) is 11.6 Å². The standard InChI is InChI=1S/C24H30N6O3/c31-24-18(12-16-13-20-21(33-15-32-20)14-19(16)25-24)22(29-10-6-1-2-7-11-29)23-26-27-28-30(23)17-8-4-3-5-9-17/h12-14,17,22H,1-11,15H2,(H,25,31)/t22-/m0/s1. The number of aromatic amines is 1. The minimum absolute atomic E-state index is 0.103. The predicted octanol–water partition coefficient (Wildman–Crippen LogP) is 3.71. The first kappa shape index (κ1) is 20.7. The van der Waals surface area contributed by atoms with Crippen molar-refractivity contribution in [3.63, 3.8) is 0 Å². The van der Waals surface area contributed by atoms with Crippen LogP contribution >= 0.6 is 0 Å². The van der Waals surface area contributed by atoms with E-state index < -0.39 is 0 Å². The highest BCUT2D eigenvalue weighted by Crippen LogP contribution is 2.37. The van der Waals surface area contributed by atoms with E-state index >= 15 is 0 Å². The van der Waals surface area contributed by atoms with Crippen LogP contribution in [0.1, 0.15) is 81.3 Å². The number of fused-ring (bicyclic) bond motifs is 2. The Balaban J connectivity index is 1.48. The molecule has 4 heterocycles. The molecule has 0 spiro atoms. The molecule has 9 heteroatoms. The van der Waals surface area contributed by atoms with E-state index in [4.69, 9.17) is 9.47 Å². The second kappa shape index (κ2) is 8.78. The number of ether oxygens (including phenoxy) is 2. The molecule has 1 N–H and O–H groups in total. The minimum atomic E-state index is -0.279. The van der Waals surface area contributed by atoms with Gasteiger partial charge < -0.3 is 14.5 Å². The maximum Gasteiger partial charge on any atom is 0.253 e. The summed E-state index contributed by atoms with van der Waals surface area (Å²) in [4.78, 5) is 18.9. The Labute approximate surface area is 192 Å². The number of tetrazole rings is 1. The van der Waals surface area contributed by atoms with Crippen molar-refractivity contribution in [1.82, 2.24) is 30.1 Å². The number of hydrogen-bond donors (Lipinski definition) is 1. The molecule has 0 unspecified atom stereocenters. The molecule has 1 atom stereocenters. The molecule has 33 heavy (non-hydrogen) atoms. The van der Waals surface area contributed by atoms with E-state index in [9.17, 15) is 4.79 Å². The molecule has 1 aliphatic carbocycles. The predicted molar refractivity (Wildman–Crippen MR) is 123 cm³/mol. The van der Waals surface area contributed by atoms with E-state index in [1.165, 1.54) is 32.1 Å². The van der Waals surface area contributed by atoms with Gasteiger partial charge in [-0.25, -0.2) is 4.68 Å². The van der Waals surface area contributed by atoms with Crippen molar-refractivity contribution in [2.75, 3.05) is 19.9 Å². The first-order valence-electron chi connectivity index (χ1n) is 12.3. The molecule has 1 saturated carbocycles. The quantitative estimate of drug-likeness (QED) is 0.647. The number of rotatable bonds is 4. The third-order valence-electron chi connectivity index (χ3n) is 7.35. The van der Waals surface area contributed by atoms with Crippen LogP contribution in [-0.2, 0) is 0 Å². The summed E-state index contributed by atoms with van der Waals surface area (Å²) in [5, 5.41) is 13.9. The first-order chi connectivity index (χ1) is 16.3. The third kappa shape index (κ3) is 3.88. The SMILES string of the molecule is O=c1[nH]c2cc3c(cc2cc1[C@@H](c1nnnn1C1CCCCC1)N1CCCCCC1)OCO3. The summed E-state index contributed by atoms with van der Waals surface area (Å²) in [6.07, 6.45) is 10.5. The van der Waals surface area contributed by atoms with E-state index in [0.717, 1.165) is 55.5 Å². The zero-order valence-corrected chi connectivity index (χ0v) is 18.8. The fraction of sp³-hybridized carbons (Fsp3) is 0.583. The molecule has 1 aromatic carbocycles. The molecule has 0 amide bonds. The third-order valence-corrected chi connectivity index (χ3v) is 7.35. The Morgan fingerprint density at radius 1 is 0.939 bits per heavy atom. The Kier molecular flexibility index (Phi) is 5.49. The maximum atomic E-state index is 13.5. The second-order valence-electron chi connectivity index (χ2n) is 9.47. The van der Waals surface area contributed by atoms with Gasteiger partial charge in [0.25, 0.3) is 5.56 Å². The first-order valence-corrected chi connectivity index (χ1v) is 12.3. The van der Waals surface area contributed by atoms with Crippen LogP contribution in [0.2, 0.25) is 0 Å². The number of likely N-dealkylation sites (tertiary alicyclic amines) is 1. The van der Waals surface area contributed by atoms with Gasteiger partial charge in [-0.2, -0.15) is 0 Å². The summed E-state index contributed by atoms with van der Waals surface area (Å²) in [7, 11) is 0. The van der Waals surface area contributed by atoms with E-state index in [2.05, 4.69) is 25.4 Å². The summed E-state index contributed by atoms with van der Waals surface area (Å²) >= 11 is 0. The van der Waals surface area contributed by atoms with Crippen LogP contribution in [-0.4, -0.2) is 50.0 Å². The summed E-state index contributed by atoms with van der Waals surface area (Å²) in [6.45, 7) is 2.07. The summed E-state index contributed by atoms with van der Waals surface area (Å²) in [5.41, 5.74) is 1.33. The van der Waals surface area contributed by atoms with Crippen molar-refractivity contribution in [1.29, 1.82) is 0 Å². The van der Waals surface area contributed by atoms with Gasteiger partial charge in [-0.15, -0.1) is 5.10 Å². The molecule has 0 bridgehead atoms. The number of nitrogens with zero attached hydrogens (tertiary/aromatic N) is 5. The molecule has 2 aromatic heterocycles. The van der Waals surface area contributed by atoms with Crippen LogP contribution < -0.4 is 15.0 Å². The van der Waals surface area contributed by atoms with Crippen molar-refractivity contribution >= 4 is 10.9 Å². The summed E-state index contributed by atoms with van der Waals surface area (Å²) < 4.78 is 13.1. The number of hydrogen-bond acceptors (Lipinski definition) is 7. The fourth-order valence-electron chi connectivity index (χ4n) is 5.63. The number of nitrogens with one attached hydrogen (secondary N) is 1. The number of aromatic nitrogens is 5. The van der Waals surface area contributed by atoms with E-state index in [-0.39, 0.29) is 18.4 Å². The minimum Gasteiger partial charge on any atom is -0.454 e. The van der Waals surface area contributed by atoms with Crippen LogP contribution in [0.5, 0.6) is 11.5 Å². The molecule has 2 fully saturated rings. The second-order valence-corrected chi connectivity index (χ2v) is 9.47. The highest BCUT2D eigenvalue weighted by molar-refractivity contribution is 5.83. The lowest BCUT2D eigenvalue weighted by Gasteiger charge is -2.31. The van der Waals surface area contributed by atoms with E-state index in [1.807, 2.05) is 22.9 Å². The van der Waals surface area contributed by atoms with Crippen LogP contribution in [0, 0.1) is 0 Å². The van der Waals surface area contributed by atoms with Gasteiger partial charge in [-0.05, 0) is 61.3 Å². The molecule has 174 valence electrons. The average Bonchev–Trinajstić information content (AvgIpc) is 3.42. The van der Waals surface area contributed by atoms with E-state index in [1.54, 1.807) is 0 Å². The van der Waals surface area contributed by atoms with Crippen molar-refractivity contribution in [2.24, 2.45) is 0 Å². The fourth-order valence-corrected chi connectivity index (χ4v) is 5.63. The number of benzene rings is 1. The largest absolute Gasteiger partial charge is 0.454 e. The van der Waals surface area contributed by atoms with Crippen molar-refractivity contribution in [3.8, 4) is 11.5 Å². The Bertz CT molecular complexity index is 1190.